The molecule has 0 aliphatic carbocycles. The lowest BCUT2D eigenvalue weighted by molar-refractivity contribution is 0.295. The van der Waals surface area contributed by atoms with E-state index in [0.29, 0.717) is 6.10 Å². The zero-order valence-electron chi connectivity index (χ0n) is 9.66. The fourth-order valence-corrected chi connectivity index (χ4v) is 2.12. The SMILES string of the molecule is Cc1ccc(CC(C)(N)C2OC2C)cc1. The van der Waals surface area contributed by atoms with Crippen molar-refractivity contribution < 1.29 is 4.74 Å². The van der Waals surface area contributed by atoms with Gasteiger partial charge in [-0.3, -0.25) is 0 Å². The van der Waals surface area contributed by atoms with Gasteiger partial charge in [-0.05, 0) is 32.8 Å². The summed E-state index contributed by atoms with van der Waals surface area (Å²) in [6, 6.07) is 8.55. The van der Waals surface area contributed by atoms with Crippen LogP contribution >= 0.6 is 0 Å². The van der Waals surface area contributed by atoms with Crippen molar-refractivity contribution in [1.82, 2.24) is 0 Å². The normalized spacial score (nSPS) is 28.5. The van der Waals surface area contributed by atoms with E-state index in [2.05, 4.69) is 45.0 Å². The van der Waals surface area contributed by atoms with Crippen LogP contribution in [0.3, 0.4) is 0 Å². The number of hydrogen-bond acceptors (Lipinski definition) is 2. The maximum atomic E-state index is 6.26. The summed E-state index contributed by atoms with van der Waals surface area (Å²) in [7, 11) is 0. The van der Waals surface area contributed by atoms with Gasteiger partial charge in [0.1, 0.15) is 6.10 Å². The molecule has 1 aromatic rings. The molecular formula is C13H19NO. The number of rotatable bonds is 3. The second-order valence-electron chi connectivity index (χ2n) is 4.93. The Morgan fingerprint density at radius 1 is 1.33 bits per heavy atom. The van der Waals surface area contributed by atoms with Gasteiger partial charge in [-0.25, -0.2) is 0 Å². The molecule has 15 heavy (non-hydrogen) atoms. The number of ether oxygens (including phenoxy) is 1. The van der Waals surface area contributed by atoms with Crippen molar-refractivity contribution in [3.63, 3.8) is 0 Å². The maximum absolute atomic E-state index is 6.26. The molecule has 0 spiro atoms. The number of epoxide rings is 1. The molecular weight excluding hydrogens is 186 g/mol. The first kappa shape index (κ1) is 10.7. The van der Waals surface area contributed by atoms with Crippen LogP contribution in [-0.4, -0.2) is 17.7 Å². The second kappa shape index (κ2) is 3.62. The summed E-state index contributed by atoms with van der Waals surface area (Å²) in [6.07, 6.45) is 1.42. The highest BCUT2D eigenvalue weighted by Crippen LogP contribution is 2.32. The predicted octanol–water partition coefficient (Wildman–Crippen LogP) is 2.04. The molecule has 82 valence electrons. The first-order valence-corrected chi connectivity index (χ1v) is 5.49. The van der Waals surface area contributed by atoms with E-state index in [9.17, 15) is 0 Å². The van der Waals surface area contributed by atoms with E-state index in [-0.39, 0.29) is 11.6 Å². The highest BCUT2D eigenvalue weighted by molar-refractivity contribution is 5.24. The van der Waals surface area contributed by atoms with Gasteiger partial charge in [-0.15, -0.1) is 0 Å². The maximum Gasteiger partial charge on any atom is 0.102 e. The molecule has 0 radical (unpaired) electrons. The van der Waals surface area contributed by atoms with Crippen LogP contribution in [0, 0.1) is 6.92 Å². The van der Waals surface area contributed by atoms with Crippen molar-refractivity contribution in [3.05, 3.63) is 35.4 Å². The van der Waals surface area contributed by atoms with Crippen LogP contribution in [0.5, 0.6) is 0 Å². The fraction of sp³-hybridized carbons (Fsp3) is 0.538. The van der Waals surface area contributed by atoms with E-state index >= 15 is 0 Å². The number of benzene rings is 1. The molecule has 3 atom stereocenters. The van der Waals surface area contributed by atoms with Gasteiger partial charge in [0, 0.05) is 5.54 Å². The van der Waals surface area contributed by atoms with Crippen LogP contribution in [0.25, 0.3) is 0 Å². The molecule has 1 heterocycles. The van der Waals surface area contributed by atoms with E-state index in [4.69, 9.17) is 10.5 Å². The Balaban J connectivity index is 2.04. The molecule has 1 aromatic carbocycles. The van der Waals surface area contributed by atoms with Crippen LogP contribution in [0.4, 0.5) is 0 Å². The summed E-state index contributed by atoms with van der Waals surface area (Å²) in [6.45, 7) is 6.24. The number of hydrogen-bond donors (Lipinski definition) is 1. The standard InChI is InChI=1S/C13H19NO/c1-9-4-6-11(7-5-9)8-13(3,14)12-10(2)15-12/h4-7,10,12H,8,14H2,1-3H3. The van der Waals surface area contributed by atoms with E-state index in [1.807, 2.05) is 0 Å². The molecule has 0 amide bonds. The Labute approximate surface area is 91.4 Å². The quantitative estimate of drug-likeness (QED) is 0.767. The third-order valence-corrected chi connectivity index (χ3v) is 3.07. The molecule has 2 N–H and O–H groups in total. The second-order valence-corrected chi connectivity index (χ2v) is 4.93. The molecule has 0 saturated carbocycles. The third-order valence-electron chi connectivity index (χ3n) is 3.07. The third kappa shape index (κ3) is 2.39. The van der Waals surface area contributed by atoms with Gasteiger partial charge in [-0.1, -0.05) is 29.8 Å². The van der Waals surface area contributed by atoms with E-state index in [0.717, 1.165) is 6.42 Å². The summed E-state index contributed by atoms with van der Waals surface area (Å²) in [5.41, 5.74) is 8.59. The first-order chi connectivity index (χ1) is 6.99. The molecule has 0 aromatic heterocycles. The van der Waals surface area contributed by atoms with Gasteiger partial charge in [0.05, 0.1) is 6.10 Å². The van der Waals surface area contributed by atoms with Crippen molar-refractivity contribution >= 4 is 0 Å². The monoisotopic (exact) mass is 205 g/mol. The smallest absolute Gasteiger partial charge is 0.102 e. The van der Waals surface area contributed by atoms with Gasteiger partial charge in [0.25, 0.3) is 0 Å². The van der Waals surface area contributed by atoms with E-state index in [1.54, 1.807) is 0 Å². The minimum atomic E-state index is -0.241. The van der Waals surface area contributed by atoms with Crippen LogP contribution < -0.4 is 5.73 Å². The summed E-state index contributed by atoms with van der Waals surface area (Å²) in [5.74, 6) is 0. The van der Waals surface area contributed by atoms with Gasteiger partial charge < -0.3 is 10.5 Å². The zero-order chi connectivity index (χ0) is 11.1. The molecule has 0 bridgehead atoms. The van der Waals surface area contributed by atoms with Crippen LogP contribution in [-0.2, 0) is 11.2 Å². The number of nitrogens with two attached hydrogens (primary N) is 1. The van der Waals surface area contributed by atoms with Crippen molar-refractivity contribution in [3.8, 4) is 0 Å². The zero-order valence-corrected chi connectivity index (χ0v) is 9.66. The first-order valence-electron chi connectivity index (χ1n) is 5.49. The average molecular weight is 205 g/mol. The van der Waals surface area contributed by atoms with E-state index < -0.39 is 0 Å². The number of aryl methyl sites for hydroxylation is 1. The molecule has 2 nitrogen and oxygen atoms in total. The van der Waals surface area contributed by atoms with Crippen molar-refractivity contribution in [2.75, 3.05) is 0 Å². The van der Waals surface area contributed by atoms with Gasteiger partial charge in [0.15, 0.2) is 0 Å². The minimum Gasteiger partial charge on any atom is -0.368 e. The summed E-state index contributed by atoms with van der Waals surface area (Å²) in [4.78, 5) is 0. The predicted molar refractivity (Wildman–Crippen MR) is 61.8 cm³/mol. The molecule has 3 unspecified atom stereocenters. The summed E-state index contributed by atoms with van der Waals surface area (Å²) >= 11 is 0. The fourth-order valence-electron chi connectivity index (χ4n) is 2.12. The summed E-state index contributed by atoms with van der Waals surface area (Å²) in [5, 5.41) is 0. The topological polar surface area (TPSA) is 38.5 Å². The van der Waals surface area contributed by atoms with E-state index in [1.165, 1.54) is 11.1 Å². The Morgan fingerprint density at radius 2 is 1.87 bits per heavy atom. The molecule has 2 rings (SSSR count). The Morgan fingerprint density at radius 3 is 2.33 bits per heavy atom. The van der Waals surface area contributed by atoms with Crippen LogP contribution in [0.2, 0.25) is 0 Å². The van der Waals surface area contributed by atoms with Crippen LogP contribution in [0.1, 0.15) is 25.0 Å². The average Bonchev–Trinajstić information content (AvgIpc) is 2.87. The van der Waals surface area contributed by atoms with Gasteiger partial charge in [0.2, 0.25) is 0 Å². The summed E-state index contributed by atoms with van der Waals surface area (Å²) < 4.78 is 5.45. The lowest BCUT2D eigenvalue weighted by atomic mass is 9.89. The van der Waals surface area contributed by atoms with Crippen molar-refractivity contribution in [2.24, 2.45) is 5.73 Å². The van der Waals surface area contributed by atoms with Crippen LogP contribution in [0.15, 0.2) is 24.3 Å². The minimum absolute atomic E-state index is 0.221. The molecule has 2 heteroatoms. The lowest BCUT2D eigenvalue weighted by Crippen LogP contribution is -2.45. The molecule has 1 saturated heterocycles. The highest BCUT2D eigenvalue weighted by atomic mass is 16.6. The van der Waals surface area contributed by atoms with Crippen molar-refractivity contribution in [2.45, 2.75) is 44.9 Å². The Kier molecular flexibility index (Phi) is 2.57. The lowest BCUT2D eigenvalue weighted by Gasteiger charge is -2.22. The Bertz CT molecular complexity index is 342. The largest absolute Gasteiger partial charge is 0.368 e. The highest BCUT2D eigenvalue weighted by Gasteiger charge is 2.47. The molecule has 1 aliphatic rings. The van der Waals surface area contributed by atoms with Crippen molar-refractivity contribution in [1.29, 1.82) is 0 Å². The van der Waals surface area contributed by atoms with Gasteiger partial charge >= 0.3 is 0 Å². The van der Waals surface area contributed by atoms with Gasteiger partial charge in [-0.2, -0.15) is 0 Å². The molecule has 1 aliphatic heterocycles. The Hall–Kier alpha value is -0.860. The molecule has 1 fully saturated rings.